The van der Waals surface area contributed by atoms with E-state index in [9.17, 15) is 5.11 Å². The fourth-order valence-corrected chi connectivity index (χ4v) is 4.91. The van der Waals surface area contributed by atoms with Crippen LogP contribution >= 0.6 is 12.4 Å². The molecule has 5 heteroatoms. The molecule has 146 valence electrons. The van der Waals surface area contributed by atoms with E-state index in [2.05, 4.69) is 40.1 Å². The summed E-state index contributed by atoms with van der Waals surface area (Å²) in [6, 6.07) is 11.9. The van der Waals surface area contributed by atoms with Crippen LogP contribution in [-0.2, 0) is 4.74 Å². The first-order chi connectivity index (χ1) is 12.3. The largest absolute Gasteiger partial charge is 0.389 e. The summed E-state index contributed by atoms with van der Waals surface area (Å²) in [5.41, 5.74) is 1.33. The van der Waals surface area contributed by atoms with E-state index in [-0.39, 0.29) is 18.5 Å². The molecule has 1 aromatic rings. The van der Waals surface area contributed by atoms with Gasteiger partial charge in [-0.1, -0.05) is 37.5 Å². The summed E-state index contributed by atoms with van der Waals surface area (Å²) in [5.74, 6) is 0. The fourth-order valence-electron chi connectivity index (χ4n) is 4.91. The second-order valence-corrected chi connectivity index (χ2v) is 8.07. The molecule has 4 rings (SSSR count). The van der Waals surface area contributed by atoms with E-state index in [1.54, 1.807) is 0 Å². The van der Waals surface area contributed by atoms with Crippen LogP contribution in [0.2, 0.25) is 0 Å². The predicted molar refractivity (Wildman–Crippen MR) is 108 cm³/mol. The number of hydrogen-bond acceptors (Lipinski definition) is 4. The van der Waals surface area contributed by atoms with E-state index >= 15 is 0 Å². The van der Waals surface area contributed by atoms with Gasteiger partial charge in [0.25, 0.3) is 0 Å². The van der Waals surface area contributed by atoms with Crippen molar-refractivity contribution in [2.75, 3.05) is 31.1 Å². The topological polar surface area (TPSA) is 35.9 Å². The molecule has 1 N–H and O–H groups in total. The average molecular weight is 381 g/mol. The van der Waals surface area contributed by atoms with Gasteiger partial charge in [0.05, 0.1) is 18.8 Å². The molecule has 1 aliphatic carbocycles. The molecule has 1 saturated carbocycles. The van der Waals surface area contributed by atoms with Gasteiger partial charge >= 0.3 is 0 Å². The van der Waals surface area contributed by atoms with Crippen molar-refractivity contribution in [2.24, 2.45) is 0 Å². The molecule has 0 aromatic heterocycles. The van der Waals surface area contributed by atoms with Gasteiger partial charge in [-0.2, -0.15) is 0 Å². The highest BCUT2D eigenvalue weighted by Crippen LogP contribution is 2.32. The van der Waals surface area contributed by atoms with Crippen molar-refractivity contribution in [1.29, 1.82) is 0 Å². The maximum absolute atomic E-state index is 10.5. The Morgan fingerprint density at radius 2 is 1.62 bits per heavy atom. The molecule has 2 heterocycles. The number of piperazine rings is 1. The highest BCUT2D eigenvalue weighted by Gasteiger charge is 2.40. The SMILES string of the molecule is Cl.O[C@H](COC1CCCCC1)CN1[C@@H]2CC[C@H]1CN(c1ccccc1)C2. The average Bonchev–Trinajstić information content (AvgIpc) is 2.89. The lowest BCUT2D eigenvalue weighted by Crippen LogP contribution is -2.56. The first-order valence-corrected chi connectivity index (χ1v) is 10.1. The van der Waals surface area contributed by atoms with E-state index in [1.165, 1.54) is 50.6 Å². The molecule has 3 aliphatic rings. The molecule has 0 radical (unpaired) electrons. The van der Waals surface area contributed by atoms with Crippen LogP contribution in [0.3, 0.4) is 0 Å². The molecule has 2 saturated heterocycles. The molecule has 3 fully saturated rings. The normalized spacial score (nSPS) is 28.0. The number of halogens is 1. The maximum Gasteiger partial charge on any atom is 0.0900 e. The first-order valence-electron chi connectivity index (χ1n) is 10.1. The number of rotatable bonds is 6. The zero-order valence-electron chi connectivity index (χ0n) is 15.6. The molecular weight excluding hydrogens is 348 g/mol. The van der Waals surface area contributed by atoms with Crippen molar-refractivity contribution in [3.63, 3.8) is 0 Å². The van der Waals surface area contributed by atoms with Gasteiger partial charge in [0.1, 0.15) is 0 Å². The smallest absolute Gasteiger partial charge is 0.0900 e. The Morgan fingerprint density at radius 3 is 2.27 bits per heavy atom. The van der Waals surface area contributed by atoms with Crippen LogP contribution in [0, 0.1) is 0 Å². The van der Waals surface area contributed by atoms with Gasteiger partial charge in [-0.15, -0.1) is 12.4 Å². The minimum absolute atomic E-state index is 0. The van der Waals surface area contributed by atoms with Gasteiger partial charge in [0.15, 0.2) is 0 Å². The number of fused-ring (bicyclic) bond motifs is 2. The second-order valence-electron chi connectivity index (χ2n) is 8.07. The van der Waals surface area contributed by atoms with Crippen LogP contribution in [0.15, 0.2) is 30.3 Å². The highest BCUT2D eigenvalue weighted by molar-refractivity contribution is 5.85. The third-order valence-electron chi connectivity index (χ3n) is 6.25. The molecule has 0 amide bonds. The van der Waals surface area contributed by atoms with Gasteiger partial charge in [-0.25, -0.2) is 0 Å². The summed E-state index contributed by atoms with van der Waals surface area (Å²) in [7, 11) is 0. The number of nitrogens with zero attached hydrogens (tertiary/aromatic N) is 2. The number of aliphatic hydroxyl groups is 1. The van der Waals surface area contributed by atoms with E-state index < -0.39 is 0 Å². The quantitative estimate of drug-likeness (QED) is 0.819. The molecular formula is C21H33ClN2O2. The maximum atomic E-state index is 10.5. The second kappa shape index (κ2) is 9.41. The van der Waals surface area contributed by atoms with E-state index in [1.807, 2.05) is 0 Å². The van der Waals surface area contributed by atoms with Crippen LogP contribution in [0.5, 0.6) is 0 Å². The molecule has 1 aromatic carbocycles. The number of ether oxygens (including phenoxy) is 1. The molecule has 3 atom stereocenters. The zero-order valence-corrected chi connectivity index (χ0v) is 16.4. The van der Waals surface area contributed by atoms with Crippen LogP contribution in [0.25, 0.3) is 0 Å². The minimum atomic E-state index is -0.353. The van der Waals surface area contributed by atoms with Gasteiger partial charge in [-0.05, 0) is 37.8 Å². The minimum Gasteiger partial charge on any atom is -0.389 e. The Morgan fingerprint density at radius 1 is 0.962 bits per heavy atom. The fraction of sp³-hybridized carbons (Fsp3) is 0.714. The van der Waals surface area contributed by atoms with E-state index in [0.29, 0.717) is 24.8 Å². The lowest BCUT2D eigenvalue weighted by atomic mass is 9.98. The Kier molecular flexibility index (Phi) is 7.21. The highest BCUT2D eigenvalue weighted by atomic mass is 35.5. The van der Waals surface area contributed by atoms with Crippen LogP contribution in [-0.4, -0.2) is 60.5 Å². The molecule has 0 unspecified atom stereocenters. The van der Waals surface area contributed by atoms with Gasteiger partial charge in [0.2, 0.25) is 0 Å². The summed E-state index contributed by atoms with van der Waals surface area (Å²) >= 11 is 0. The van der Waals surface area contributed by atoms with Crippen molar-refractivity contribution in [3.05, 3.63) is 30.3 Å². The Hall–Kier alpha value is -0.810. The monoisotopic (exact) mass is 380 g/mol. The molecule has 4 nitrogen and oxygen atoms in total. The summed E-state index contributed by atoms with van der Waals surface area (Å²) in [6.07, 6.45) is 8.80. The Balaban J connectivity index is 0.00000196. The number of para-hydroxylation sites is 1. The molecule has 2 aliphatic heterocycles. The number of benzene rings is 1. The molecule has 26 heavy (non-hydrogen) atoms. The summed E-state index contributed by atoms with van der Waals surface area (Å²) in [4.78, 5) is 5.07. The van der Waals surface area contributed by atoms with Crippen LogP contribution in [0.1, 0.15) is 44.9 Å². The van der Waals surface area contributed by atoms with Crippen molar-refractivity contribution >= 4 is 18.1 Å². The van der Waals surface area contributed by atoms with E-state index in [4.69, 9.17) is 4.74 Å². The summed E-state index contributed by atoms with van der Waals surface area (Å²) < 4.78 is 5.98. The summed E-state index contributed by atoms with van der Waals surface area (Å²) in [5, 5.41) is 10.5. The third kappa shape index (κ3) is 4.72. The Bertz CT molecular complexity index is 524. The van der Waals surface area contributed by atoms with Crippen molar-refractivity contribution in [3.8, 4) is 0 Å². The van der Waals surface area contributed by atoms with Crippen LogP contribution < -0.4 is 4.90 Å². The van der Waals surface area contributed by atoms with Gasteiger partial charge in [0, 0.05) is 37.4 Å². The number of aliphatic hydroxyl groups excluding tert-OH is 1. The zero-order chi connectivity index (χ0) is 17.1. The van der Waals surface area contributed by atoms with E-state index in [0.717, 1.165) is 19.6 Å². The lowest BCUT2D eigenvalue weighted by Gasteiger charge is -2.43. The number of anilines is 1. The number of hydrogen-bond donors (Lipinski definition) is 1. The van der Waals surface area contributed by atoms with Crippen molar-refractivity contribution in [1.82, 2.24) is 4.90 Å². The first kappa shape index (κ1) is 19.9. The Labute approximate surface area is 163 Å². The van der Waals surface area contributed by atoms with Crippen LogP contribution in [0.4, 0.5) is 5.69 Å². The van der Waals surface area contributed by atoms with Crippen molar-refractivity contribution in [2.45, 2.75) is 69.2 Å². The molecule has 0 spiro atoms. The van der Waals surface area contributed by atoms with Crippen molar-refractivity contribution < 1.29 is 9.84 Å². The predicted octanol–water partition coefficient (Wildman–Crippen LogP) is 3.47. The van der Waals surface area contributed by atoms with Gasteiger partial charge in [-0.3, -0.25) is 4.90 Å². The lowest BCUT2D eigenvalue weighted by molar-refractivity contribution is -0.0389. The van der Waals surface area contributed by atoms with Gasteiger partial charge < -0.3 is 14.7 Å². The third-order valence-corrected chi connectivity index (χ3v) is 6.25. The molecule has 2 bridgehead atoms. The summed E-state index contributed by atoms with van der Waals surface area (Å²) in [6.45, 7) is 3.43. The standard InChI is InChI=1S/C21H32N2O2.ClH/c24-20(16-25-21-9-5-2-6-10-21)15-23-18-11-12-19(23)14-22(13-18)17-7-3-1-4-8-17;/h1,3-4,7-8,18-21,24H,2,5-6,9-16H2;1H/t18-,19+,20-;/m0./s1.